The highest BCUT2D eigenvalue weighted by atomic mass is 16.5. The number of rotatable bonds is 7. The van der Waals surface area contributed by atoms with E-state index in [0.29, 0.717) is 12.4 Å². The number of ether oxygens (including phenoxy) is 2. The van der Waals surface area contributed by atoms with Gasteiger partial charge in [0.1, 0.15) is 18.2 Å². The predicted molar refractivity (Wildman–Crippen MR) is 83.5 cm³/mol. The van der Waals surface area contributed by atoms with Gasteiger partial charge in [-0.2, -0.15) is 0 Å². The molecule has 1 aromatic heterocycles. The van der Waals surface area contributed by atoms with Gasteiger partial charge in [-0.3, -0.25) is 0 Å². The number of methoxy groups -OCH3 is 2. The highest BCUT2D eigenvalue weighted by Crippen LogP contribution is 2.29. The third kappa shape index (κ3) is 3.92. The minimum absolute atomic E-state index is 0.379. The molecule has 21 heavy (non-hydrogen) atoms. The van der Waals surface area contributed by atoms with Gasteiger partial charge in [0, 0.05) is 25.3 Å². The molecule has 0 saturated heterocycles. The molecule has 2 aromatic rings. The maximum atomic E-state index is 5.41. The summed E-state index contributed by atoms with van der Waals surface area (Å²) in [6.45, 7) is 3.37. The number of nitrogens with zero attached hydrogens (tertiary/aromatic N) is 2. The lowest BCUT2D eigenvalue weighted by Gasteiger charge is -2.11. The molecule has 0 unspecified atom stereocenters. The van der Waals surface area contributed by atoms with Gasteiger partial charge in [0.2, 0.25) is 0 Å². The summed E-state index contributed by atoms with van der Waals surface area (Å²) >= 11 is 0. The Morgan fingerprint density at radius 1 is 1.14 bits per heavy atom. The van der Waals surface area contributed by atoms with Crippen molar-refractivity contribution in [1.29, 1.82) is 0 Å². The molecule has 0 aliphatic rings. The van der Waals surface area contributed by atoms with E-state index in [0.717, 1.165) is 35.8 Å². The first-order chi connectivity index (χ1) is 10.3. The van der Waals surface area contributed by atoms with Crippen molar-refractivity contribution in [2.24, 2.45) is 0 Å². The van der Waals surface area contributed by atoms with Crippen LogP contribution in [0.1, 0.15) is 19.2 Å². The number of hydrogen-bond acceptors (Lipinski definition) is 5. The lowest BCUT2D eigenvalue weighted by atomic mass is 10.1. The summed E-state index contributed by atoms with van der Waals surface area (Å²) in [7, 11) is 3.30. The van der Waals surface area contributed by atoms with Crippen LogP contribution in [0, 0.1) is 0 Å². The van der Waals surface area contributed by atoms with Gasteiger partial charge in [0.05, 0.1) is 12.8 Å². The van der Waals surface area contributed by atoms with Gasteiger partial charge >= 0.3 is 0 Å². The summed E-state index contributed by atoms with van der Waals surface area (Å²) in [6.07, 6.45) is 1.04. The van der Waals surface area contributed by atoms with E-state index in [9.17, 15) is 0 Å². The van der Waals surface area contributed by atoms with Crippen LogP contribution in [0.2, 0.25) is 0 Å². The Balaban J connectivity index is 2.43. The van der Waals surface area contributed by atoms with Crippen molar-refractivity contribution in [1.82, 2.24) is 9.97 Å². The Morgan fingerprint density at radius 3 is 2.67 bits per heavy atom. The van der Waals surface area contributed by atoms with Gasteiger partial charge < -0.3 is 14.8 Å². The summed E-state index contributed by atoms with van der Waals surface area (Å²) in [5, 5.41) is 3.29. The number of hydrogen-bond donors (Lipinski definition) is 1. The lowest BCUT2D eigenvalue weighted by Crippen LogP contribution is -2.07. The van der Waals surface area contributed by atoms with E-state index in [1.54, 1.807) is 14.2 Å². The quantitative estimate of drug-likeness (QED) is 0.848. The lowest BCUT2D eigenvalue weighted by molar-refractivity contribution is 0.178. The largest absolute Gasteiger partial charge is 0.496 e. The molecule has 0 aliphatic heterocycles. The average Bonchev–Trinajstić information content (AvgIpc) is 2.53. The molecule has 0 fully saturated rings. The Hall–Kier alpha value is -2.14. The van der Waals surface area contributed by atoms with Gasteiger partial charge in [-0.05, 0) is 18.6 Å². The first-order valence-electron chi connectivity index (χ1n) is 7.02. The molecule has 0 saturated carbocycles. The summed E-state index contributed by atoms with van der Waals surface area (Å²) < 4.78 is 10.6. The number of benzene rings is 1. The molecular formula is C16H21N3O2. The number of aromatic nitrogens is 2. The second-order valence-electron chi connectivity index (χ2n) is 4.61. The molecule has 0 radical (unpaired) electrons. The highest BCUT2D eigenvalue weighted by Gasteiger charge is 2.10. The van der Waals surface area contributed by atoms with Crippen LogP contribution >= 0.6 is 0 Å². The van der Waals surface area contributed by atoms with Crippen LogP contribution < -0.4 is 10.1 Å². The molecule has 0 amide bonds. The van der Waals surface area contributed by atoms with Crippen LogP contribution in [0.5, 0.6) is 5.75 Å². The van der Waals surface area contributed by atoms with Crippen LogP contribution in [0.25, 0.3) is 11.3 Å². The summed E-state index contributed by atoms with van der Waals surface area (Å²) in [4.78, 5) is 9.01. The fourth-order valence-electron chi connectivity index (χ4n) is 2.03. The molecule has 5 nitrogen and oxygen atoms in total. The summed E-state index contributed by atoms with van der Waals surface area (Å²) in [6, 6.07) is 9.76. The fraction of sp³-hybridized carbons (Fsp3) is 0.375. The van der Waals surface area contributed by atoms with Crippen molar-refractivity contribution in [2.75, 3.05) is 26.1 Å². The van der Waals surface area contributed by atoms with Gasteiger partial charge in [-0.15, -0.1) is 0 Å². The molecule has 0 atom stereocenters. The van der Waals surface area contributed by atoms with Crippen LogP contribution in [0.15, 0.2) is 30.3 Å². The number of para-hydroxylation sites is 1. The molecule has 2 rings (SSSR count). The van der Waals surface area contributed by atoms with Crippen molar-refractivity contribution in [3.8, 4) is 17.0 Å². The first-order valence-corrected chi connectivity index (χ1v) is 7.02. The Labute approximate surface area is 125 Å². The van der Waals surface area contributed by atoms with Crippen molar-refractivity contribution in [2.45, 2.75) is 20.0 Å². The third-order valence-electron chi connectivity index (χ3n) is 2.98. The molecular weight excluding hydrogens is 266 g/mol. The van der Waals surface area contributed by atoms with E-state index >= 15 is 0 Å². The predicted octanol–water partition coefficient (Wildman–Crippen LogP) is 3.12. The van der Waals surface area contributed by atoms with Crippen molar-refractivity contribution >= 4 is 5.82 Å². The van der Waals surface area contributed by atoms with Crippen LogP contribution in [-0.2, 0) is 11.3 Å². The van der Waals surface area contributed by atoms with E-state index in [1.807, 2.05) is 30.3 Å². The average molecular weight is 287 g/mol. The standard InChI is InChI=1S/C16H21N3O2/c1-4-9-17-15-10-13(18-16(19-15)11-20-2)12-7-5-6-8-14(12)21-3/h5-8,10H,4,9,11H2,1-3H3,(H,17,18,19). The molecule has 0 bridgehead atoms. The maximum Gasteiger partial charge on any atom is 0.157 e. The van der Waals surface area contributed by atoms with Crippen LogP contribution in [0.3, 0.4) is 0 Å². The van der Waals surface area contributed by atoms with E-state index in [-0.39, 0.29) is 0 Å². The highest BCUT2D eigenvalue weighted by molar-refractivity contribution is 5.69. The van der Waals surface area contributed by atoms with Gasteiger partial charge in [0.25, 0.3) is 0 Å². The number of nitrogens with one attached hydrogen (secondary N) is 1. The maximum absolute atomic E-state index is 5.41. The topological polar surface area (TPSA) is 56.3 Å². The third-order valence-corrected chi connectivity index (χ3v) is 2.98. The van der Waals surface area contributed by atoms with E-state index < -0.39 is 0 Å². The van der Waals surface area contributed by atoms with Crippen molar-refractivity contribution in [3.63, 3.8) is 0 Å². The van der Waals surface area contributed by atoms with Crippen molar-refractivity contribution in [3.05, 3.63) is 36.2 Å². The van der Waals surface area contributed by atoms with Crippen molar-refractivity contribution < 1.29 is 9.47 Å². The van der Waals surface area contributed by atoms with E-state index in [2.05, 4.69) is 22.2 Å². The minimum Gasteiger partial charge on any atom is -0.496 e. The molecule has 0 spiro atoms. The molecule has 5 heteroatoms. The Morgan fingerprint density at radius 2 is 1.95 bits per heavy atom. The van der Waals surface area contributed by atoms with Gasteiger partial charge in [0.15, 0.2) is 5.82 Å². The van der Waals surface area contributed by atoms with E-state index in [1.165, 1.54) is 0 Å². The second-order valence-corrected chi connectivity index (χ2v) is 4.61. The minimum atomic E-state index is 0.379. The van der Waals surface area contributed by atoms with Gasteiger partial charge in [-0.25, -0.2) is 9.97 Å². The van der Waals surface area contributed by atoms with Crippen LogP contribution in [-0.4, -0.2) is 30.7 Å². The van der Waals surface area contributed by atoms with Gasteiger partial charge in [-0.1, -0.05) is 19.1 Å². The monoisotopic (exact) mass is 287 g/mol. The Bertz CT molecular complexity index is 587. The molecule has 1 heterocycles. The molecule has 1 N–H and O–H groups in total. The zero-order valence-electron chi connectivity index (χ0n) is 12.7. The Kier molecular flexibility index (Phi) is 5.51. The second kappa shape index (κ2) is 7.59. The summed E-state index contributed by atoms with van der Waals surface area (Å²) in [5.41, 5.74) is 1.77. The normalized spacial score (nSPS) is 10.4. The SMILES string of the molecule is CCCNc1cc(-c2ccccc2OC)nc(COC)n1. The fourth-order valence-corrected chi connectivity index (χ4v) is 2.03. The smallest absolute Gasteiger partial charge is 0.157 e. The zero-order valence-corrected chi connectivity index (χ0v) is 12.7. The summed E-state index contributed by atoms with van der Waals surface area (Å²) in [5.74, 6) is 2.25. The molecule has 0 aliphatic carbocycles. The molecule has 1 aromatic carbocycles. The van der Waals surface area contributed by atoms with E-state index in [4.69, 9.17) is 9.47 Å². The van der Waals surface area contributed by atoms with Crippen LogP contribution in [0.4, 0.5) is 5.82 Å². The molecule has 112 valence electrons. The zero-order chi connectivity index (χ0) is 15.1. The first kappa shape index (κ1) is 15.3. The number of anilines is 1.